The molecule has 2 aromatic rings. The van der Waals surface area contributed by atoms with Gasteiger partial charge in [-0.25, -0.2) is 0 Å². The van der Waals surface area contributed by atoms with Crippen molar-refractivity contribution in [3.8, 4) is 11.1 Å². The molecule has 0 heterocycles. The van der Waals surface area contributed by atoms with Gasteiger partial charge in [-0.1, -0.05) is 55.3 Å². The quantitative estimate of drug-likeness (QED) is 0.782. The highest BCUT2D eigenvalue weighted by atomic mass is 35.5. The third kappa shape index (κ3) is 3.84. The molecule has 2 rings (SSSR count). The molecule has 0 radical (unpaired) electrons. The Balaban J connectivity index is 2.20. The van der Waals surface area contributed by atoms with E-state index < -0.39 is 0 Å². The minimum atomic E-state index is 0.793. The van der Waals surface area contributed by atoms with Crippen LogP contribution in [0.1, 0.15) is 30.9 Å². The number of halogens is 1. The van der Waals surface area contributed by atoms with E-state index in [4.69, 9.17) is 11.6 Å². The number of unbranched alkanes of at least 4 members (excludes halogenated alkanes) is 1. The van der Waals surface area contributed by atoms with Gasteiger partial charge in [0, 0.05) is 11.6 Å². The smallest absolute Gasteiger partial charge is 0.0451 e. The van der Waals surface area contributed by atoms with Crippen molar-refractivity contribution in [2.75, 3.05) is 7.05 Å². The van der Waals surface area contributed by atoms with E-state index in [2.05, 4.69) is 48.6 Å². The maximum absolute atomic E-state index is 6.20. The molecule has 0 atom stereocenters. The van der Waals surface area contributed by atoms with Crippen molar-refractivity contribution in [3.05, 3.63) is 58.6 Å². The molecule has 0 spiro atoms. The monoisotopic (exact) mass is 287 g/mol. The first-order valence-electron chi connectivity index (χ1n) is 7.27. The Kier molecular flexibility index (Phi) is 5.63. The van der Waals surface area contributed by atoms with Crippen molar-refractivity contribution in [3.63, 3.8) is 0 Å². The van der Waals surface area contributed by atoms with Gasteiger partial charge in [0.25, 0.3) is 0 Å². The number of rotatable bonds is 6. The van der Waals surface area contributed by atoms with Crippen LogP contribution in [0.5, 0.6) is 0 Å². The largest absolute Gasteiger partial charge is 0.316 e. The number of hydrogen-bond donors (Lipinski definition) is 1. The van der Waals surface area contributed by atoms with Gasteiger partial charge in [-0.3, -0.25) is 0 Å². The summed E-state index contributed by atoms with van der Waals surface area (Å²) in [4.78, 5) is 0. The maximum Gasteiger partial charge on any atom is 0.0451 e. The van der Waals surface area contributed by atoms with Crippen LogP contribution in [0.25, 0.3) is 11.1 Å². The van der Waals surface area contributed by atoms with Gasteiger partial charge in [0.1, 0.15) is 0 Å². The van der Waals surface area contributed by atoms with Crippen LogP contribution in [0.15, 0.2) is 42.5 Å². The third-order valence-corrected chi connectivity index (χ3v) is 3.89. The molecular weight excluding hydrogens is 266 g/mol. The molecule has 2 heteroatoms. The van der Waals surface area contributed by atoms with Crippen LogP contribution in [0.3, 0.4) is 0 Å². The Bertz CT molecular complexity index is 546. The Labute approximate surface area is 127 Å². The summed E-state index contributed by atoms with van der Waals surface area (Å²) >= 11 is 6.20. The van der Waals surface area contributed by atoms with Crippen molar-refractivity contribution in [2.24, 2.45) is 0 Å². The van der Waals surface area contributed by atoms with E-state index in [1.54, 1.807) is 0 Å². The van der Waals surface area contributed by atoms with E-state index >= 15 is 0 Å². The lowest BCUT2D eigenvalue weighted by molar-refractivity contribution is 0.795. The average Bonchev–Trinajstić information content (AvgIpc) is 2.48. The van der Waals surface area contributed by atoms with Crippen LogP contribution in [0.4, 0.5) is 0 Å². The maximum atomic E-state index is 6.20. The molecule has 0 saturated heterocycles. The zero-order chi connectivity index (χ0) is 14.4. The molecule has 0 unspecified atom stereocenters. The Hall–Kier alpha value is -1.31. The van der Waals surface area contributed by atoms with E-state index in [9.17, 15) is 0 Å². The zero-order valence-corrected chi connectivity index (χ0v) is 13.0. The second-order valence-electron chi connectivity index (χ2n) is 5.14. The molecule has 0 saturated carbocycles. The van der Waals surface area contributed by atoms with E-state index in [0.717, 1.165) is 17.1 Å². The van der Waals surface area contributed by atoms with E-state index in [-0.39, 0.29) is 0 Å². The highest BCUT2D eigenvalue weighted by Crippen LogP contribution is 2.25. The molecule has 20 heavy (non-hydrogen) atoms. The second-order valence-corrected chi connectivity index (χ2v) is 5.54. The number of hydrogen-bond acceptors (Lipinski definition) is 1. The van der Waals surface area contributed by atoms with Crippen molar-refractivity contribution in [1.29, 1.82) is 0 Å². The SMILES string of the molecule is CCCCc1ccc(-c2ccc(Cl)c(CNC)c2)cc1. The molecule has 0 aliphatic carbocycles. The summed E-state index contributed by atoms with van der Waals surface area (Å²) < 4.78 is 0. The zero-order valence-electron chi connectivity index (χ0n) is 12.2. The van der Waals surface area contributed by atoms with Crippen LogP contribution in [0.2, 0.25) is 5.02 Å². The van der Waals surface area contributed by atoms with Gasteiger partial charge < -0.3 is 5.32 Å². The van der Waals surface area contributed by atoms with Crippen LogP contribution < -0.4 is 5.32 Å². The van der Waals surface area contributed by atoms with Gasteiger partial charge in [-0.15, -0.1) is 0 Å². The molecule has 1 N–H and O–H groups in total. The summed E-state index contributed by atoms with van der Waals surface area (Å²) in [7, 11) is 1.94. The van der Waals surface area contributed by atoms with Gasteiger partial charge in [0.2, 0.25) is 0 Å². The average molecular weight is 288 g/mol. The highest BCUT2D eigenvalue weighted by molar-refractivity contribution is 6.31. The van der Waals surface area contributed by atoms with Gasteiger partial charge in [-0.05, 0) is 54.3 Å². The standard InChI is InChI=1S/C18H22ClN/c1-3-4-5-14-6-8-15(9-7-14)16-10-11-18(19)17(12-16)13-20-2/h6-12,20H,3-5,13H2,1-2H3. The van der Waals surface area contributed by atoms with Gasteiger partial charge >= 0.3 is 0 Å². The molecule has 0 fully saturated rings. The van der Waals surface area contributed by atoms with E-state index in [0.29, 0.717) is 0 Å². The fourth-order valence-electron chi connectivity index (χ4n) is 2.32. The lowest BCUT2D eigenvalue weighted by atomic mass is 10.00. The molecule has 0 aliphatic heterocycles. The van der Waals surface area contributed by atoms with Crippen LogP contribution in [-0.2, 0) is 13.0 Å². The Morgan fingerprint density at radius 1 is 1.00 bits per heavy atom. The molecule has 1 nitrogen and oxygen atoms in total. The van der Waals surface area contributed by atoms with Crippen molar-refractivity contribution in [1.82, 2.24) is 5.32 Å². The fraction of sp³-hybridized carbons (Fsp3) is 0.333. The molecule has 0 amide bonds. The Morgan fingerprint density at radius 3 is 2.35 bits per heavy atom. The molecule has 0 bridgehead atoms. The van der Waals surface area contributed by atoms with Crippen molar-refractivity contribution < 1.29 is 0 Å². The second kappa shape index (κ2) is 7.47. The lowest BCUT2D eigenvalue weighted by Gasteiger charge is -2.08. The third-order valence-electron chi connectivity index (χ3n) is 3.52. The first kappa shape index (κ1) is 15.1. The van der Waals surface area contributed by atoms with E-state index in [1.807, 2.05) is 13.1 Å². The summed E-state index contributed by atoms with van der Waals surface area (Å²) in [6, 6.07) is 15.1. The number of benzene rings is 2. The summed E-state index contributed by atoms with van der Waals surface area (Å²) in [5, 5.41) is 3.97. The number of aryl methyl sites for hydroxylation is 1. The highest BCUT2D eigenvalue weighted by Gasteiger charge is 2.03. The molecule has 106 valence electrons. The summed E-state index contributed by atoms with van der Waals surface area (Å²) in [6.07, 6.45) is 3.67. The minimum absolute atomic E-state index is 0.793. The molecule has 2 aromatic carbocycles. The minimum Gasteiger partial charge on any atom is -0.316 e. The van der Waals surface area contributed by atoms with Gasteiger partial charge in [-0.2, -0.15) is 0 Å². The van der Waals surface area contributed by atoms with Gasteiger partial charge in [0.05, 0.1) is 0 Å². The molecule has 0 aromatic heterocycles. The molecular formula is C18H22ClN. The fourth-order valence-corrected chi connectivity index (χ4v) is 2.51. The topological polar surface area (TPSA) is 12.0 Å². The van der Waals surface area contributed by atoms with Crippen molar-refractivity contribution >= 4 is 11.6 Å². The van der Waals surface area contributed by atoms with Crippen molar-refractivity contribution in [2.45, 2.75) is 32.7 Å². The predicted molar refractivity (Wildman–Crippen MR) is 88.3 cm³/mol. The summed E-state index contributed by atoms with van der Waals surface area (Å²) in [6.45, 7) is 3.02. The molecule has 0 aliphatic rings. The lowest BCUT2D eigenvalue weighted by Crippen LogP contribution is -2.05. The first-order valence-corrected chi connectivity index (χ1v) is 7.64. The summed E-state index contributed by atoms with van der Waals surface area (Å²) in [5.41, 5.74) is 5.03. The predicted octanol–water partition coefficient (Wildman–Crippen LogP) is 5.07. The number of nitrogens with one attached hydrogen (secondary N) is 1. The summed E-state index contributed by atoms with van der Waals surface area (Å²) in [5.74, 6) is 0. The van der Waals surface area contributed by atoms with Crippen LogP contribution in [-0.4, -0.2) is 7.05 Å². The normalized spacial score (nSPS) is 10.8. The first-order chi connectivity index (χ1) is 9.74. The van der Waals surface area contributed by atoms with Crippen LogP contribution >= 0.6 is 11.6 Å². The Morgan fingerprint density at radius 2 is 1.70 bits per heavy atom. The van der Waals surface area contributed by atoms with E-state index in [1.165, 1.54) is 36.0 Å². The van der Waals surface area contributed by atoms with Gasteiger partial charge in [0.15, 0.2) is 0 Å². The van der Waals surface area contributed by atoms with Crippen LogP contribution in [0, 0.1) is 0 Å².